The predicted molar refractivity (Wildman–Crippen MR) is 81.4 cm³/mol. The fraction of sp³-hybridized carbons (Fsp3) is 0.625. The van der Waals surface area contributed by atoms with Gasteiger partial charge in [0.2, 0.25) is 0 Å². The molecular formula is C16H27FN2O. The van der Waals surface area contributed by atoms with Gasteiger partial charge in [-0.2, -0.15) is 0 Å². The van der Waals surface area contributed by atoms with Gasteiger partial charge in [0, 0.05) is 30.3 Å². The van der Waals surface area contributed by atoms with E-state index in [-0.39, 0.29) is 17.6 Å². The monoisotopic (exact) mass is 282 g/mol. The third-order valence-corrected chi connectivity index (χ3v) is 3.58. The fourth-order valence-electron chi connectivity index (χ4n) is 2.31. The summed E-state index contributed by atoms with van der Waals surface area (Å²) in [7, 11) is 4.14. The zero-order valence-corrected chi connectivity index (χ0v) is 13.2. The molecular weight excluding hydrogens is 255 g/mol. The van der Waals surface area contributed by atoms with Gasteiger partial charge < -0.3 is 15.3 Å². The lowest BCUT2D eigenvalue weighted by Gasteiger charge is -2.28. The van der Waals surface area contributed by atoms with E-state index in [9.17, 15) is 9.50 Å². The van der Waals surface area contributed by atoms with Crippen molar-refractivity contribution in [2.75, 3.05) is 20.6 Å². The molecule has 1 aromatic rings. The van der Waals surface area contributed by atoms with Crippen LogP contribution in [0.3, 0.4) is 0 Å². The molecule has 2 unspecified atom stereocenters. The minimum absolute atomic E-state index is 0.0376. The van der Waals surface area contributed by atoms with E-state index in [4.69, 9.17) is 0 Å². The molecule has 4 heteroatoms. The number of hydrogen-bond donors (Lipinski definition) is 2. The van der Waals surface area contributed by atoms with Gasteiger partial charge in [0.25, 0.3) is 0 Å². The first-order valence-electron chi connectivity index (χ1n) is 7.19. The number of nitrogens with one attached hydrogen (secondary N) is 1. The minimum Gasteiger partial charge on any atom is -0.508 e. The molecule has 0 fully saturated rings. The van der Waals surface area contributed by atoms with Crippen LogP contribution in [0.4, 0.5) is 4.39 Å². The van der Waals surface area contributed by atoms with E-state index < -0.39 is 0 Å². The van der Waals surface area contributed by atoms with Crippen LogP contribution in [0.5, 0.6) is 5.75 Å². The summed E-state index contributed by atoms with van der Waals surface area (Å²) < 4.78 is 13.8. The van der Waals surface area contributed by atoms with Gasteiger partial charge in [-0.1, -0.05) is 19.9 Å². The molecule has 0 amide bonds. The van der Waals surface area contributed by atoms with Crippen molar-refractivity contribution in [1.82, 2.24) is 10.2 Å². The maximum absolute atomic E-state index is 13.8. The topological polar surface area (TPSA) is 35.5 Å². The van der Waals surface area contributed by atoms with Crippen molar-refractivity contribution in [3.8, 4) is 5.75 Å². The molecule has 20 heavy (non-hydrogen) atoms. The average molecular weight is 282 g/mol. The Morgan fingerprint density at radius 1 is 1.25 bits per heavy atom. The highest BCUT2D eigenvalue weighted by molar-refractivity contribution is 5.29. The molecule has 0 saturated heterocycles. The molecule has 0 radical (unpaired) electrons. The van der Waals surface area contributed by atoms with Crippen LogP contribution in [0.25, 0.3) is 0 Å². The summed E-state index contributed by atoms with van der Waals surface area (Å²) in [5.41, 5.74) is 0.588. The molecule has 0 aliphatic heterocycles. The molecule has 0 aliphatic rings. The van der Waals surface area contributed by atoms with Crippen molar-refractivity contribution in [2.45, 2.75) is 39.3 Å². The number of phenols is 1. The van der Waals surface area contributed by atoms with E-state index in [0.717, 1.165) is 19.0 Å². The highest BCUT2D eigenvalue weighted by atomic mass is 19.1. The summed E-state index contributed by atoms with van der Waals surface area (Å²) in [5.74, 6) is 0.226. The molecule has 0 bridgehead atoms. The molecule has 114 valence electrons. The van der Waals surface area contributed by atoms with Crippen LogP contribution >= 0.6 is 0 Å². The van der Waals surface area contributed by atoms with E-state index in [1.807, 2.05) is 6.92 Å². The Kier molecular flexibility index (Phi) is 6.43. The van der Waals surface area contributed by atoms with Crippen molar-refractivity contribution in [3.05, 3.63) is 29.6 Å². The highest BCUT2D eigenvalue weighted by Gasteiger charge is 2.16. The van der Waals surface area contributed by atoms with Gasteiger partial charge in [-0.05, 0) is 39.4 Å². The van der Waals surface area contributed by atoms with Crippen molar-refractivity contribution in [2.24, 2.45) is 5.92 Å². The Balaban J connectivity index is 2.62. The fourth-order valence-corrected chi connectivity index (χ4v) is 2.31. The molecule has 1 rings (SSSR count). The zero-order valence-electron chi connectivity index (χ0n) is 13.2. The van der Waals surface area contributed by atoms with Crippen molar-refractivity contribution in [3.63, 3.8) is 0 Å². The van der Waals surface area contributed by atoms with Gasteiger partial charge in [0.05, 0.1) is 0 Å². The third-order valence-electron chi connectivity index (χ3n) is 3.58. The Hall–Kier alpha value is -1.13. The van der Waals surface area contributed by atoms with Crippen LogP contribution in [0.1, 0.15) is 38.8 Å². The number of aromatic hydroxyl groups is 1. The van der Waals surface area contributed by atoms with Crippen LogP contribution in [0, 0.1) is 11.7 Å². The van der Waals surface area contributed by atoms with Crippen LogP contribution in [-0.2, 0) is 0 Å². The number of rotatable bonds is 7. The first-order chi connectivity index (χ1) is 9.31. The standard InChI is InChI=1S/C16H27FN2O/c1-11(2)8-13(19(4)5)10-18-12(3)15-7-6-14(20)9-16(15)17/h6-7,9,11-13,18,20H,8,10H2,1-5H3. The lowest BCUT2D eigenvalue weighted by atomic mass is 10.0. The first kappa shape index (κ1) is 16.9. The number of hydrogen-bond acceptors (Lipinski definition) is 3. The molecule has 3 nitrogen and oxygen atoms in total. The Labute approximate surface area is 121 Å². The van der Waals surface area contributed by atoms with Gasteiger partial charge in [-0.25, -0.2) is 4.39 Å². The maximum atomic E-state index is 13.8. The molecule has 0 spiro atoms. The normalized spacial score (nSPS) is 14.8. The Bertz CT molecular complexity index is 421. The molecule has 2 N–H and O–H groups in total. The van der Waals surface area contributed by atoms with Gasteiger partial charge in [0.1, 0.15) is 11.6 Å². The van der Waals surface area contributed by atoms with Crippen LogP contribution in [0.2, 0.25) is 0 Å². The quantitative estimate of drug-likeness (QED) is 0.806. The number of benzene rings is 1. The minimum atomic E-state index is -0.365. The van der Waals surface area contributed by atoms with Gasteiger partial charge in [-0.3, -0.25) is 0 Å². The number of likely N-dealkylation sites (N-methyl/N-ethyl adjacent to an activating group) is 1. The van der Waals surface area contributed by atoms with Gasteiger partial charge >= 0.3 is 0 Å². The molecule has 0 aromatic heterocycles. The number of phenolic OH excluding ortho intramolecular Hbond substituents is 1. The lowest BCUT2D eigenvalue weighted by Crippen LogP contribution is -2.39. The van der Waals surface area contributed by atoms with Crippen molar-refractivity contribution in [1.29, 1.82) is 0 Å². The Morgan fingerprint density at radius 2 is 1.90 bits per heavy atom. The van der Waals surface area contributed by atoms with E-state index in [2.05, 4.69) is 38.2 Å². The molecule has 0 aliphatic carbocycles. The number of halogens is 1. The highest BCUT2D eigenvalue weighted by Crippen LogP contribution is 2.21. The average Bonchev–Trinajstić information content (AvgIpc) is 2.33. The van der Waals surface area contributed by atoms with Crippen molar-refractivity contribution < 1.29 is 9.50 Å². The number of nitrogens with zero attached hydrogens (tertiary/aromatic N) is 1. The second-order valence-electron chi connectivity index (χ2n) is 6.08. The molecule has 2 atom stereocenters. The van der Waals surface area contributed by atoms with Crippen LogP contribution in [0.15, 0.2) is 18.2 Å². The van der Waals surface area contributed by atoms with E-state index in [1.165, 1.54) is 6.07 Å². The lowest BCUT2D eigenvalue weighted by molar-refractivity contribution is 0.241. The van der Waals surface area contributed by atoms with Crippen LogP contribution in [-0.4, -0.2) is 36.7 Å². The second-order valence-corrected chi connectivity index (χ2v) is 6.08. The molecule has 0 saturated carbocycles. The SMILES string of the molecule is CC(C)CC(CNC(C)c1ccc(O)cc1F)N(C)C. The van der Waals surface area contributed by atoms with Crippen LogP contribution < -0.4 is 5.32 Å². The van der Waals surface area contributed by atoms with E-state index in [0.29, 0.717) is 17.5 Å². The summed E-state index contributed by atoms with van der Waals surface area (Å²) in [6, 6.07) is 4.66. The second kappa shape index (κ2) is 7.60. The summed E-state index contributed by atoms with van der Waals surface area (Å²) in [6.45, 7) is 7.17. The maximum Gasteiger partial charge on any atom is 0.131 e. The molecule has 0 heterocycles. The summed E-state index contributed by atoms with van der Waals surface area (Å²) >= 11 is 0. The van der Waals surface area contributed by atoms with E-state index >= 15 is 0 Å². The summed E-state index contributed by atoms with van der Waals surface area (Å²) in [4.78, 5) is 2.20. The van der Waals surface area contributed by atoms with Gasteiger partial charge in [-0.15, -0.1) is 0 Å². The first-order valence-corrected chi connectivity index (χ1v) is 7.19. The zero-order chi connectivity index (χ0) is 15.3. The summed E-state index contributed by atoms with van der Waals surface area (Å²) in [5, 5.41) is 12.6. The predicted octanol–water partition coefficient (Wildman–Crippen LogP) is 3.16. The van der Waals surface area contributed by atoms with Gasteiger partial charge in [0.15, 0.2) is 0 Å². The smallest absolute Gasteiger partial charge is 0.131 e. The Morgan fingerprint density at radius 3 is 2.40 bits per heavy atom. The molecule has 1 aromatic carbocycles. The van der Waals surface area contributed by atoms with E-state index in [1.54, 1.807) is 6.07 Å². The third kappa shape index (κ3) is 5.10. The van der Waals surface area contributed by atoms with Crippen molar-refractivity contribution >= 4 is 0 Å². The summed E-state index contributed by atoms with van der Waals surface area (Å²) in [6.07, 6.45) is 1.10. The largest absolute Gasteiger partial charge is 0.508 e.